The summed E-state index contributed by atoms with van der Waals surface area (Å²) in [7, 11) is 0. The van der Waals surface area contributed by atoms with Gasteiger partial charge < -0.3 is 14.8 Å². The summed E-state index contributed by atoms with van der Waals surface area (Å²) in [6.07, 6.45) is 0.841. The Labute approximate surface area is 121 Å². The molecule has 104 valence electrons. The highest BCUT2D eigenvalue weighted by atomic mass is 32.1. The molecular formula is C15H15NO3S. The minimum Gasteiger partial charge on any atom is -0.454 e. The average molecular weight is 289 g/mol. The Morgan fingerprint density at radius 2 is 2.20 bits per heavy atom. The molecule has 0 saturated heterocycles. The van der Waals surface area contributed by atoms with E-state index in [-0.39, 0.29) is 18.7 Å². The van der Waals surface area contributed by atoms with Gasteiger partial charge in [0.25, 0.3) is 5.91 Å². The van der Waals surface area contributed by atoms with Crippen LogP contribution in [-0.4, -0.2) is 18.7 Å². The summed E-state index contributed by atoms with van der Waals surface area (Å²) in [6.45, 7) is 2.22. The molecule has 5 heteroatoms. The number of ether oxygens (including phenoxy) is 2. The number of nitrogens with one attached hydrogen (secondary N) is 1. The van der Waals surface area contributed by atoms with E-state index in [1.54, 1.807) is 29.5 Å². The molecular weight excluding hydrogens is 274 g/mol. The van der Waals surface area contributed by atoms with E-state index < -0.39 is 0 Å². The maximum Gasteiger partial charge on any atom is 0.251 e. The second kappa shape index (κ2) is 5.54. The Balaban J connectivity index is 1.64. The molecule has 3 rings (SSSR count). The Kier molecular flexibility index (Phi) is 3.60. The highest BCUT2D eigenvalue weighted by Gasteiger charge is 2.17. The van der Waals surface area contributed by atoms with Crippen molar-refractivity contribution in [3.05, 3.63) is 46.2 Å². The van der Waals surface area contributed by atoms with Crippen molar-refractivity contribution in [3.8, 4) is 11.5 Å². The number of rotatable bonds is 4. The van der Waals surface area contributed by atoms with Crippen molar-refractivity contribution in [1.82, 2.24) is 5.32 Å². The molecule has 1 N–H and O–H groups in total. The summed E-state index contributed by atoms with van der Waals surface area (Å²) < 4.78 is 10.5. The third-order valence-corrected chi connectivity index (χ3v) is 4.00. The van der Waals surface area contributed by atoms with Crippen LogP contribution in [0, 0.1) is 0 Å². The van der Waals surface area contributed by atoms with Crippen molar-refractivity contribution in [2.75, 3.05) is 6.79 Å². The van der Waals surface area contributed by atoms with E-state index >= 15 is 0 Å². The molecule has 1 amide bonds. The zero-order chi connectivity index (χ0) is 13.9. The van der Waals surface area contributed by atoms with E-state index in [0.717, 1.165) is 6.42 Å². The van der Waals surface area contributed by atoms with Crippen LogP contribution >= 0.6 is 11.3 Å². The lowest BCUT2D eigenvalue weighted by molar-refractivity contribution is 0.0940. The number of carbonyl (C=O) groups is 1. The predicted octanol–water partition coefficient (Wildman–Crippen LogP) is 2.84. The van der Waals surface area contributed by atoms with Crippen LogP contribution in [0.4, 0.5) is 0 Å². The number of hydrogen-bond acceptors (Lipinski definition) is 4. The van der Waals surface area contributed by atoms with Crippen LogP contribution in [0.1, 0.15) is 22.2 Å². The second-order valence-electron chi connectivity index (χ2n) is 4.73. The van der Waals surface area contributed by atoms with E-state index in [1.165, 1.54) is 4.88 Å². The van der Waals surface area contributed by atoms with Gasteiger partial charge in [0.05, 0.1) is 0 Å². The zero-order valence-corrected chi connectivity index (χ0v) is 11.9. The van der Waals surface area contributed by atoms with Gasteiger partial charge in [0.2, 0.25) is 6.79 Å². The molecule has 0 saturated carbocycles. The third-order valence-electron chi connectivity index (χ3n) is 3.10. The van der Waals surface area contributed by atoms with Crippen LogP contribution in [0.25, 0.3) is 0 Å². The maximum absolute atomic E-state index is 12.2. The molecule has 0 fully saturated rings. The molecule has 0 spiro atoms. The molecule has 1 unspecified atom stereocenters. The van der Waals surface area contributed by atoms with Gasteiger partial charge in [-0.3, -0.25) is 4.79 Å². The van der Waals surface area contributed by atoms with Gasteiger partial charge in [-0.2, -0.15) is 0 Å². The van der Waals surface area contributed by atoms with Gasteiger partial charge in [-0.15, -0.1) is 11.3 Å². The van der Waals surface area contributed by atoms with Crippen molar-refractivity contribution in [3.63, 3.8) is 0 Å². The third kappa shape index (κ3) is 2.77. The van der Waals surface area contributed by atoms with Crippen molar-refractivity contribution in [1.29, 1.82) is 0 Å². The van der Waals surface area contributed by atoms with E-state index in [9.17, 15) is 4.79 Å². The molecule has 1 aliphatic heterocycles. The first-order valence-corrected chi connectivity index (χ1v) is 7.33. The van der Waals surface area contributed by atoms with Gasteiger partial charge >= 0.3 is 0 Å². The molecule has 20 heavy (non-hydrogen) atoms. The van der Waals surface area contributed by atoms with Crippen LogP contribution in [0.3, 0.4) is 0 Å². The molecule has 0 bridgehead atoms. The van der Waals surface area contributed by atoms with Gasteiger partial charge in [-0.05, 0) is 36.6 Å². The number of benzene rings is 1. The standard InChI is InChI=1S/C15H15NO3S/c1-10(7-12-3-2-6-20-12)16-15(17)11-4-5-13-14(8-11)19-9-18-13/h2-6,8,10H,7,9H2,1H3,(H,16,17). The fraction of sp³-hybridized carbons (Fsp3) is 0.267. The minimum absolute atomic E-state index is 0.0894. The number of hydrogen-bond donors (Lipinski definition) is 1. The fourth-order valence-electron chi connectivity index (χ4n) is 2.13. The van der Waals surface area contributed by atoms with Crippen molar-refractivity contribution in [2.45, 2.75) is 19.4 Å². The summed E-state index contributed by atoms with van der Waals surface area (Å²) in [5.41, 5.74) is 0.590. The molecule has 1 aromatic carbocycles. The number of amides is 1. The molecule has 2 aromatic rings. The quantitative estimate of drug-likeness (QED) is 0.941. The minimum atomic E-state index is -0.0904. The lowest BCUT2D eigenvalue weighted by Crippen LogP contribution is -2.33. The van der Waals surface area contributed by atoms with Crippen molar-refractivity contribution >= 4 is 17.2 Å². The molecule has 1 atom stereocenters. The van der Waals surface area contributed by atoms with Gasteiger partial charge in [0.1, 0.15) is 0 Å². The van der Waals surface area contributed by atoms with E-state index in [0.29, 0.717) is 17.1 Å². The first-order chi connectivity index (χ1) is 9.72. The van der Waals surface area contributed by atoms with E-state index in [1.807, 2.05) is 18.4 Å². The van der Waals surface area contributed by atoms with Crippen LogP contribution in [0.5, 0.6) is 11.5 Å². The monoisotopic (exact) mass is 289 g/mol. The average Bonchev–Trinajstić information content (AvgIpc) is 3.07. The van der Waals surface area contributed by atoms with Crippen LogP contribution in [0.15, 0.2) is 35.7 Å². The predicted molar refractivity (Wildman–Crippen MR) is 77.5 cm³/mol. The molecule has 0 aliphatic carbocycles. The van der Waals surface area contributed by atoms with Crippen molar-refractivity contribution < 1.29 is 14.3 Å². The topological polar surface area (TPSA) is 47.6 Å². The molecule has 4 nitrogen and oxygen atoms in total. The Bertz CT molecular complexity index is 610. The van der Waals surface area contributed by atoms with Crippen LogP contribution < -0.4 is 14.8 Å². The molecule has 1 aliphatic rings. The smallest absolute Gasteiger partial charge is 0.251 e. The largest absolute Gasteiger partial charge is 0.454 e. The van der Waals surface area contributed by atoms with Crippen molar-refractivity contribution in [2.24, 2.45) is 0 Å². The lowest BCUT2D eigenvalue weighted by Gasteiger charge is -2.13. The number of carbonyl (C=O) groups excluding carboxylic acids is 1. The van der Waals surface area contributed by atoms with E-state index in [2.05, 4.69) is 11.4 Å². The normalized spacial score (nSPS) is 14.1. The van der Waals surface area contributed by atoms with Gasteiger partial charge in [-0.25, -0.2) is 0 Å². The first-order valence-electron chi connectivity index (χ1n) is 6.45. The van der Waals surface area contributed by atoms with E-state index in [4.69, 9.17) is 9.47 Å². The van der Waals surface area contributed by atoms with Gasteiger partial charge in [-0.1, -0.05) is 6.07 Å². The zero-order valence-electron chi connectivity index (χ0n) is 11.1. The second-order valence-corrected chi connectivity index (χ2v) is 5.76. The van der Waals surface area contributed by atoms with Gasteiger partial charge in [0.15, 0.2) is 11.5 Å². The first kappa shape index (κ1) is 13.0. The SMILES string of the molecule is CC(Cc1cccs1)NC(=O)c1ccc2c(c1)OCO2. The summed E-state index contributed by atoms with van der Waals surface area (Å²) >= 11 is 1.70. The van der Waals surface area contributed by atoms with Crippen LogP contribution in [0.2, 0.25) is 0 Å². The Morgan fingerprint density at radius 1 is 1.35 bits per heavy atom. The lowest BCUT2D eigenvalue weighted by atomic mass is 10.1. The molecule has 2 heterocycles. The Hall–Kier alpha value is -2.01. The molecule has 1 aromatic heterocycles. The summed E-state index contributed by atoms with van der Waals surface area (Å²) in [5, 5.41) is 5.04. The Morgan fingerprint density at radius 3 is 3.00 bits per heavy atom. The summed E-state index contributed by atoms with van der Waals surface area (Å²) in [6, 6.07) is 9.42. The van der Waals surface area contributed by atoms with Gasteiger partial charge in [0, 0.05) is 22.9 Å². The maximum atomic E-state index is 12.2. The summed E-state index contributed by atoms with van der Waals surface area (Å²) in [4.78, 5) is 13.4. The number of thiophene rings is 1. The highest BCUT2D eigenvalue weighted by molar-refractivity contribution is 7.09. The molecule has 0 radical (unpaired) electrons. The summed E-state index contributed by atoms with van der Waals surface area (Å²) in [5.74, 6) is 1.23. The van der Waals surface area contributed by atoms with Crippen LogP contribution in [-0.2, 0) is 6.42 Å². The highest BCUT2D eigenvalue weighted by Crippen LogP contribution is 2.32. The number of fused-ring (bicyclic) bond motifs is 1. The fourth-order valence-corrected chi connectivity index (χ4v) is 2.96.